The zero-order chi connectivity index (χ0) is 20.1. The number of methoxy groups -OCH3 is 1. The fourth-order valence-corrected chi connectivity index (χ4v) is 4.20. The number of aromatic nitrogens is 1. The standard InChI is InChI=1S/C25H24N2OS/c1-19-8-12-22(13-9-19)26-25-27(17-16-20-6-4-3-5-7-20)24(18-29-25)21-10-14-23(28-2)15-11-21/h3-15,18H,16-17H2,1-2H3. The van der Waals surface area contributed by atoms with Crippen LogP contribution in [0.3, 0.4) is 0 Å². The molecular formula is C25H24N2OS. The van der Waals surface area contributed by atoms with Crippen molar-refractivity contribution in [2.75, 3.05) is 7.11 Å². The van der Waals surface area contributed by atoms with Gasteiger partial charge in [0.2, 0.25) is 0 Å². The van der Waals surface area contributed by atoms with Gasteiger partial charge < -0.3 is 9.30 Å². The Kier molecular flexibility index (Phi) is 5.92. The zero-order valence-electron chi connectivity index (χ0n) is 16.7. The second-order valence-corrected chi connectivity index (χ2v) is 7.80. The van der Waals surface area contributed by atoms with Crippen LogP contribution in [0.15, 0.2) is 89.2 Å². The van der Waals surface area contributed by atoms with E-state index in [2.05, 4.69) is 83.6 Å². The van der Waals surface area contributed by atoms with Crippen LogP contribution in [0.1, 0.15) is 11.1 Å². The highest BCUT2D eigenvalue weighted by atomic mass is 32.1. The van der Waals surface area contributed by atoms with Gasteiger partial charge in [0.15, 0.2) is 4.80 Å². The summed E-state index contributed by atoms with van der Waals surface area (Å²) in [6.07, 6.45) is 0.960. The van der Waals surface area contributed by atoms with Crippen molar-refractivity contribution in [2.24, 2.45) is 4.99 Å². The molecule has 0 aliphatic carbocycles. The molecular weight excluding hydrogens is 376 g/mol. The molecule has 0 N–H and O–H groups in total. The Hall–Kier alpha value is -3.11. The Morgan fingerprint density at radius 1 is 0.897 bits per heavy atom. The number of benzene rings is 3. The molecule has 29 heavy (non-hydrogen) atoms. The molecule has 4 aromatic rings. The van der Waals surface area contributed by atoms with E-state index in [0.29, 0.717) is 0 Å². The molecule has 1 heterocycles. The van der Waals surface area contributed by atoms with Gasteiger partial charge in [0.1, 0.15) is 5.75 Å². The van der Waals surface area contributed by atoms with Gasteiger partial charge in [-0.1, -0.05) is 48.0 Å². The molecule has 0 saturated heterocycles. The maximum atomic E-state index is 5.31. The third-order valence-corrected chi connectivity index (χ3v) is 5.77. The number of ether oxygens (including phenoxy) is 1. The molecule has 4 heteroatoms. The van der Waals surface area contributed by atoms with Crippen LogP contribution < -0.4 is 9.54 Å². The predicted octanol–water partition coefficient (Wildman–Crippen LogP) is 6.01. The van der Waals surface area contributed by atoms with Crippen molar-refractivity contribution in [3.8, 4) is 17.0 Å². The van der Waals surface area contributed by atoms with Crippen molar-refractivity contribution in [1.82, 2.24) is 4.57 Å². The number of nitrogens with zero attached hydrogens (tertiary/aromatic N) is 2. The number of rotatable bonds is 6. The summed E-state index contributed by atoms with van der Waals surface area (Å²) in [5.74, 6) is 0.865. The van der Waals surface area contributed by atoms with E-state index in [1.807, 2.05) is 12.1 Å². The summed E-state index contributed by atoms with van der Waals surface area (Å²) in [4.78, 5) is 5.94. The molecule has 4 rings (SSSR count). The summed E-state index contributed by atoms with van der Waals surface area (Å²) in [5, 5.41) is 2.19. The van der Waals surface area contributed by atoms with Gasteiger partial charge in [-0.3, -0.25) is 0 Å². The van der Waals surface area contributed by atoms with Crippen LogP contribution in [0.4, 0.5) is 5.69 Å². The van der Waals surface area contributed by atoms with Gasteiger partial charge in [-0.05, 0) is 60.9 Å². The molecule has 0 aliphatic rings. The van der Waals surface area contributed by atoms with Crippen molar-refractivity contribution in [2.45, 2.75) is 19.9 Å². The monoisotopic (exact) mass is 400 g/mol. The van der Waals surface area contributed by atoms with E-state index in [-0.39, 0.29) is 0 Å². The summed E-state index contributed by atoms with van der Waals surface area (Å²) in [6, 6.07) is 27.2. The molecule has 0 radical (unpaired) electrons. The van der Waals surface area contributed by atoms with Gasteiger partial charge in [-0.15, -0.1) is 11.3 Å². The molecule has 0 unspecified atom stereocenters. The molecule has 146 valence electrons. The average molecular weight is 401 g/mol. The molecule has 0 aliphatic heterocycles. The highest BCUT2D eigenvalue weighted by Gasteiger charge is 2.09. The largest absolute Gasteiger partial charge is 0.497 e. The zero-order valence-corrected chi connectivity index (χ0v) is 17.5. The Labute approximate surface area is 175 Å². The molecule has 0 saturated carbocycles. The van der Waals surface area contributed by atoms with Crippen LogP contribution in [0.25, 0.3) is 11.3 Å². The van der Waals surface area contributed by atoms with Crippen LogP contribution in [0.2, 0.25) is 0 Å². The second-order valence-electron chi connectivity index (χ2n) is 6.97. The van der Waals surface area contributed by atoms with Gasteiger partial charge in [0, 0.05) is 11.9 Å². The van der Waals surface area contributed by atoms with Crippen molar-refractivity contribution in [1.29, 1.82) is 0 Å². The van der Waals surface area contributed by atoms with E-state index in [9.17, 15) is 0 Å². The second kappa shape index (κ2) is 8.93. The van der Waals surface area contributed by atoms with Crippen molar-refractivity contribution >= 4 is 17.0 Å². The van der Waals surface area contributed by atoms with E-state index in [0.717, 1.165) is 29.2 Å². The van der Waals surface area contributed by atoms with Gasteiger partial charge in [-0.2, -0.15) is 0 Å². The lowest BCUT2D eigenvalue weighted by Crippen LogP contribution is -2.17. The fraction of sp³-hybridized carbons (Fsp3) is 0.160. The summed E-state index contributed by atoms with van der Waals surface area (Å²) in [5.41, 5.74) is 5.89. The van der Waals surface area contributed by atoms with E-state index >= 15 is 0 Å². The van der Waals surface area contributed by atoms with Gasteiger partial charge in [-0.25, -0.2) is 4.99 Å². The van der Waals surface area contributed by atoms with Crippen LogP contribution >= 0.6 is 11.3 Å². The molecule has 1 aromatic heterocycles. The molecule has 3 aromatic carbocycles. The Balaban J connectivity index is 1.74. The maximum absolute atomic E-state index is 5.31. The normalized spacial score (nSPS) is 11.6. The number of hydrogen-bond acceptors (Lipinski definition) is 3. The van der Waals surface area contributed by atoms with Crippen molar-refractivity contribution in [3.05, 3.63) is 100 Å². The minimum Gasteiger partial charge on any atom is -0.497 e. The summed E-state index contributed by atoms with van der Waals surface area (Å²) < 4.78 is 7.63. The van der Waals surface area contributed by atoms with E-state index in [4.69, 9.17) is 9.73 Å². The highest BCUT2D eigenvalue weighted by Crippen LogP contribution is 2.24. The minimum atomic E-state index is 0.865. The lowest BCUT2D eigenvalue weighted by atomic mass is 10.1. The van der Waals surface area contributed by atoms with Crippen LogP contribution in [-0.2, 0) is 13.0 Å². The third-order valence-electron chi connectivity index (χ3n) is 4.91. The lowest BCUT2D eigenvalue weighted by molar-refractivity contribution is 0.415. The first-order valence-electron chi connectivity index (χ1n) is 9.71. The molecule has 0 atom stereocenters. The minimum absolute atomic E-state index is 0.865. The molecule has 3 nitrogen and oxygen atoms in total. The molecule has 0 amide bonds. The first-order valence-corrected chi connectivity index (χ1v) is 10.6. The molecule has 0 spiro atoms. The topological polar surface area (TPSA) is 26.5 Å². The smallest absolute Gasteiger partial charge is 0.190 e. The molecule has 0 fully saturated rings. The number of aryl methyl sites for hydroxylation is 2. The molecule has 0 bridgehead atoms. The van der Waals surface area contributed by atoms with Gasteiger partial charge in [0.25, 0.3) is 0 Å². The summed E-state index contributed by atoms with van der Waals surface area (Å²) >= 11 is 1.68. The first-order chi connectivity index (χ1) is 14.2. The van der Waals surface area contributed by atoms with Crippen LogP contribution in [0.5, 0.6) is 5.75 Å². The average Bonchev–Trinajstić information content (AvgIpc) is 3.17. The maximum Gasteiger partial charge on any atom is 0.190 e. The summed E-state index contributed by atoms with van der Waals surface area (Å²) in [7, 11) is 1.69. The fourth-order valence-electron chi connectivity index (χ4n) is 3.24. The van der Waals surface area contributed by atoms with E-state index in [1.54, 1.807) is 18.4 Å². The number of hydrogen-bond donors (Lipinski definition) is 0. The van der Waals surface area contributed by atoms with Gasteiger partial charge in [0.05, 0.1) is 18.5 Å². The van der Waals surface area contributed by atoms with Gasteiger partial charge >= 0.3 is 0 Å². The van der Waals surface area contributed by atoms with Crippen molar-refractivity contribution < 1.29 is 4.74 Å². The van der Waals surface area contributed by atoms with Crippen LogP contribution in [-0.4, -0.2) is 11.7 Å². The predicted molar refractivity (Wildman–Crippen MR) is 121 cm³/mol. The third kappa shape index (κ3) is 4.66. The van der Waals surface area contributed by atoms with E-state index in [1.165, 1.54) is 22.4 Å². The quantitative estimate of drug-likeness (QED) is 0.389. The Morgan fingerprint density at radius 3 is 2.31 bits per heavy atom. The Morgan fingerprint density at radius 2 is 1.62 bits per heavy atom. The lowest BCUT2D eigenvalue weighted by Gasteiger charge is -2.10. The SMILES string of the molecule is COc1ccc(-c2csc(=Nc3ccc(C)cc3)n2CCc2ccccc2)cc1. The summed E-state index contributed by atoms with van der Waals surface area (Å²) in [6.45, 7) is 2.97. The van der Waals surface area contributed by atoms with E-state index < -0.39 is 0 Å². The first kappa shape index (κ1) is 19.2. The Bertz CT molecular complexity index is 1120. The number of thiazole rings is 1. The van der Waals surface area contributed by atoms with Crippen LogP contribution in [0, 0.1) is 6.92 Å². The van der Waals surface area contributed by atoms with Crippen molar-refractivity contribution in [3.63, 3.8) is 0 Å². The highest BCUT2D eigenvalue weighted by molar-refractivity contribution is 7.07.